The maximum absolute atomic E-state index is 14.0. The fourth-order valence-corrected chi connectivity index (χ4v) is 7.62. The summed E-state index contributed by atoms with van der Waals surface area (Å²) >= 11 is 11.5. The van der Waals surface area contributed by atoms with Gasteiger partial charge < -0.3 is 10.2 Å². The summed E-state index contributed by atoms with van der Waals surface area (Å²) in [6.07, 6.45) is 0. The molecule has 2 aromatic carbocycles. The van der Waals surface area contributed by atoms with Gasteiger partial charge in [0.05, 0.1) is 27.1 Å². The number of sulfonamides is 1. The van der Waals surface area contributed by atoms with Crippen LogP contribution in [-0.4, -0.2) is 61.9 Å². The van der Waals surface area contributed by atoms with Gasteiger partial charge in [0.2, 0.25) is 10.0 Å². The van der Waals surface area contributed by atoms with Gasteiger partial charge in [-0.1, -0.05) is 23.2 Å². The van der Waals surface area contributed by atoms with Crippen molar-refractivity contribution in [2.45, 2.75) is 20.6 Å². The molecular formula is C18H14Cl2F2N2O6S2. The number of halogens is 4. The van der Waals surface area contributed by atoms with Gasteiger partial charge in [0, 0.05) is 13.1 Å². The summed E-state index contributed by atoms with van der Waals surface area (Å²) in [7, 11) is -9.23. The molecule has 0 radical (unpaired) electrons. The first-order valence-corrected chi connectivity index (χ1v) is 12.4. The Morgan fingerprint density at radius 1 is 1.12 bits per heavy atom. The Balaban J connectivity index is 2.06. The predicted molar refractivity (Wildman–Crippen MR) is 109 cm³/mol. The number of benzene rings is 2. The zero-order valence-corrected chi connectivity index (χ0v) is 19.0. The van der Waals surface area contributed by atoms with E-state index in [1.54, 1.807) is 0 Å². The second kappa shape index (κ2) is 8.49. The standard InChI is InChI=1S/C18H14Cl2F2N2O6S2/c19-12-4-13(20)16(5-15(12)22)32(29,30)24-7-17(18(26,8-24)9-25)31(27,28)11-2-1-10(6-23)14(21)3-11/h1-5,17,25-26H,7-9H2/t17-,18-/m0/s1. The van der Waals surface area contributed by atoms with Crippen LogP contribution in [0, 0.1) is 23.0 Å². The van der Waals surface area contributed by atoms with Crippen molar-refractivity contribution in [2.24, 2.45) is 0 Å². The largest absolute Gasteiger partial charge is 0.393 e. The quantitative estimate of drug-likeness (QED) is 0.566. The fraction of sp³-hybridized carbons (Fsp3) is 0.278. The number of β-amino-alcohol motifs (C(OH)–C–C–N with tert-alkyl or cyclic N) is 1. The minimum Gasteiger partial charge on any atom is -0.393 e. The lowest BCUT2D eigenvalue weighted by molar-refractivity contribution is 0.00159. The van der Waals surface area contributed by atoms with Gasteiger partial charge in [-0.2, -0.15) is 9.57 Å². The van der Waals surface area contributed by atoms with E-state index in [1.165, 1.54) is 6.07 Å². The lowest BCUT2D eigenvalue weighted by Crippen LogP contribution is -2.49. The number of nitrogens with zero attached hydrogens (tertiary/aromatic N) is 2. The third kappa shape index (κ3) is 4.10. The molecule has 172 valence electrons. The van der Waals surface area contributed by atoms with Crippen LogP contribution >= 0.6 is 23.2 Å². The number of aliphatic hydroxyl groups excluding tert-OH is 1. The van der Waals surface area contributed by atoms with E-state index in [4.69, 9.17) is 28.5 Å². The maximum atomic E-state index is 14.0. The van der Waals surface area contributed by atoms with E-state index < -0.39 is 87.4 Å². The molecule has 1 saturated heterocycles. The molecule has 2 atom stereocenters. The third-order valence-corrected chi connectivity index (χ3v) is 9.86. The highest BCUT2D eigenvalue weighted by molar-refractivity contribution is 7.92. The average molecular weight is 527 g/mol. The molecule has 1 fully saturated rings. The van der Waals surface area contributed by atoms with E-state index in [0.29, 0.717) is 16.4 Å². The average Bonchev–Trinajstić information content (AvgIpc) is 3.10. The predicted octanol–water partition coefficient (Wildman–Crippen LogP) is 1.71. The molecule has 2 aromatic rings. The Labute approximate surface area is 192 Å². The molecule has 0 saturated carbocycles. The van der Waals surface area contributed by atoms with Crippen LogP contribution in [-0.2, 0) is 19.9 Å². The van der Waals surface area contributed by atoms with Gasteiger partial charge in [-0.25, -0.2) is 25.6 Å². The van der Waals surface area contributed by atoms with Crippen molar-refractivity contribution in [3.8, 4) is 6.07 Å². The number of hydrogen-bond donors (Lipinski definition) is 2. The van der Waals surface area contributed by atoms with Crippen LogP contribution in [0.1, 0.15) is 5.56 Å². The number of sulfone groups is 1. The number of rotatable bonds is 5. The van der Waals surface area contributed by atoms with Crippen LogP contribution in [0.5, 0.6) is 0 Å². The van der Waals surface area contributed by atoms with Crippen LogP contribution in [0.3, 0.4) is 0 Å². The normalized spacial score (nSPS) is 22.1. The fourth-order valence-electron chi connectivity index (χ4n) is 3.32. The Morgan fingerprint density at radius 2 is 1.78 bits per heavy atom. The summed E-state index contributed by atoms with van der Waals surface area (Å²) in [4.78, 5) is -1.34. The van der Waals surface area contributed by atoms with Gasteiger partial charge in [-0.05, 0) is 30.3 Å². The van der Waals surface area contributed by atoms with Gasteiger partial charge in [-0.3, -0.25) is 0 Å². The molecule has 1 aliphatic rings. The van der Waals surface area contributed by atoms with Crippen LogP contribution in [0.25, 0.3) is 0 Å². The zero-order chi connectivity index (χ0) is 24.1. The second-order valence-corrected chi connectivity index (χ2v) is 11.9. The van der Waals surface area contributed by atoms with E-state index in [0.717, 1.165) is 18.2 Å². The molecule has 0 unspecified atom stereocenters. The van der Waals surface area contributed by atoms with Crippen molar-refractivity contribution >= 4 is 43.1 Å². The molecule has 1 aliphatic heterocycles. The van der Waals surface area contributed by atoms with Crippen molar-refractivity contribution in [1.82, 2.24) is 4.31 Å². The molecule has 14 heteroatoms. The van der Waals surface area contributed by atoms with Crippen LogP contribution in [0.2, 0.25) is 10.0 Å². The molecule has 8 nitrogen and oxygen atoms in total. The Bertz CT molecular complexity index is 1350. The monoisotopic (exact) mass is 526 g/mol. The summed E-state index contributed by atoms with van der Waals surface area (Å²) in [6.45, 7) is -2.86. The smallest absolute Gasteiger partial charge is 0.244 e. The molecule has 3 rings (SSSR count). The highest BCUT2D eigenvalue weighted by Gasteiger charge is 2.55. The maximum Gasteiger partial charge on any atom is 0.244 e. The van der Waals surface area contributed by atoms with E-state index in [9.17, 15) is 35.8 Å². The molecule has 0 aromatic heterocycles. The molecule has 1 heterocycles. The van der Waals surface area contributed by atoms with E-state index in [2.05, 4.69) is 0 Å². The molecule has 0 bridgehead atoms. The number of aliphatic hydroxyl groups is 2. The van der Waals surface area contributed by atoms with Crippen molar-refractivity contribution < 1.29 is 35.8 Å². The van der Waals surface area contributed by atoms with E-state index in [1.807, 2.05) is 0 Å². The molecule has 0 aliphatic carbocycles. The van der Waals surface area contributed by atoms with Crippen LogP contribution < -0.4 is 0 Å². The summed E-state index contributed by atoms with van der Waals surface area (Å²) in [5, 5.41) is 26.5. The molecule has 0 spiro atoms. The van der Waals surface area contributed by atoms with Crippen molar-refractivity contribution in [1.29, 1.82) is 5.26 Å². The van der Waals surface area contributed by atoms with Gasteiger partial charge in [-0.15, -0.1) is 0 Å². The Morgan fingerprint density at radius 3 is 2.34 bits per heavy atom. The van der Waals surface area contributed by atoms with Crippen molar-refractivity contribution in [3.05, 3.63) is 57.6 Å². The topological polar surface area (TPSA) is 136 Å². The zero-order valence-electron chi connectivity index (χ0n) is 15.8. The molecule has 2 N–H and O–H groups in total. The second-order valence-electron chi connectivity index (χ2n) is 7.04. The first-order valence-electron chi connectivity index (χ1n) is 8.69. The van der Waals surface area contributed by atoms with Gasteiger partial charge in [0.15, 0.2) is 9.84 Å². The lowest BCUT2D eigenvalue weighted by atomic mass is 10.1. The van der Waals surface area contributed by atoms with Crippen LogP contribution in [0.4, 0.5) is 8.78 Å². The number of hydrogen-bond acceptors (Lipinski definition) is 7. The Kier molecular flexibility index (Phi) is 6.58. The van der Waals surface area contributed by atoms with Gasteiger partial charge in [0.25, 0.3) is 0 Å². The van der Waals surface area contributed by atoms with Gasteiger partial charge >= 0.3 is 0 Å². The SMILES string of the molecule is N#Cc1ccc(S(=O)(=O)[C@H]2CN(S(=O)(=O)c3cc(F)c(Cl)cc3Cl)C[C@]2(O)CO)cc1F. The van der Waals surface area contributed by atoms with E-state index >= 15 is 0 Å². The van der Waals surface area contributed by atoms with Crippen molar-refractivity contribution in [3.63, 3.8) is 0 Å². The Hall–Kier alpha value is -1.85. The minimum atomic E-state index is -4.63. The molecule has 0 amide bonds. The summed E-state index contributed by atoms with van der Waals surface area (Å²) in [5.74, 6) is -2.23. The van der Waals surface area contributed by atoms with Gasteiger partial charge in [0.1, 0.15) is 33.5 Å². The lowest BCUT2D eigenvalue weighted by Gasteiger charge is -2.26. The molecular weight excluding hydrogens is 513 g/mol. The highest BCUT2D eigenvalue weighted by Crippen LogP contribution is 2.37. The third-order valence-electron chi connectivity index (χ3n) is 5.05. The summed E-state index contributed by atoms with van der Waals surface area (Å²) in [5.41, 5.74) is -2.88. The number of nitriles is 1. The first-order chi connectivity index (χ1) is 14.8. The molecule has 32 heavy (non-hydrogen) atoms. The highest BCUT2D eigenvalue weighted by atomic mass is 35.5. The summed E-state index contributed by atoms with van der Waals surface area (Å²) < 4.78 is 80.6. The van der Waals surface area contributed by atoms with Crippen LogP contribution in [0.15, 0.2) is 40.1 Å². The summed E-state index contributed by atoms with van der Waals surface area (Å²) in [6, 6.07) is 5.34. The van der Waals surface area contributed by atoms with E-state index in [-0.39, 0.29) is 0 Å². The first kappa shape index (κ1) is 24.8. The van der Waals surface area contributed by atoms with Crippen molar-refractivity contribution in [2.75, 3.05) is 19.7 Å². The minimum absolute atomic E-state index is 0.420.